The highest BCUT2D eigenvalue weighted by Crippen LogP contribution is 2.18. The molecule has 0 unspecified atom stereocenters. The van der Waals surface area contributed by atoms with Crippen molar-refractivity contribution in [3.63, 3.8) is 0 Å². The van der Waals surface area contributed by atoms with E-state index in [4.69, 9.17) is 4.74 Å². The quantitative estimate of drug-likeness (QED) is 0.820. The molecule has 1 aliphatic heterocycles. The van der Waals surface area contributed by atoms with Gasteiger partial charge in [0.1, 0.15) is 5.82 Å². The lowest BCUT2D eigenvalue weighted by molar-refractivity contribution is 0.0678. The van der Waals surface area contributed by atoms with Crippen LogP contribution in [0, 0.1) is 12.7 Å². The van der Waals surface area contributed by atoms with Crippen LogP contribution in [0.5, 0.6) is 0 Å². The second-order valence-electron chi connectivity index (χ2n) is 6.31. The maximum atomic E-state index is 13.5. The normalized spacial score (nSPS) is 18.0. The Morgan fingerprint density at radius 1 is 1.39 bits per heavy atom. The van der Waals surface area contributed by atoms with Crippen molar-refractivity contribution in [2.24, 2.45) is 7.05 Å². The number of hydrogen-bond acceptors (Lipinski definition) is 3. The first-order valence-corrected chi connectivity index (χ1v) is 8.17. The number of aryl methyl sites for hydroxylation is 1. The van der Waals surface area contributed by atoms with Gasteiger partial charge in [-0.25, -0.2) is 4.39 Å². The molecular weight excluding hydrogens is 293 g/mol. The lowest BCUT2D eigenvalue weighted by atomic mass is 10.1. The van der Waals surface area contributed by atoms with Crippen LogP contribution in [0.25, 0.3) is 0 Å². The summed E-state index contributed by atoms with van der Waals surface area (Å²) in [5.41, 5.74) is 3.37. The summed E-state index contributed by atoms with van der Waals surface area (Å²) in [7, 11) is 1.95. The zero-order valence-electron chi connectivity index (χ0n) is 13.8. The molecule has 1 aromatic carbocycles. The molecule has 0 spiro atoms. The van der Waals surface area contributed by atoms with E-state index in [1.807, 2.05) is 24.0 Å². The fourth-order valence-corrected chi connectivity index (χ4v) is 3.10. The molecule has 0 aliphatic carbocycles. The molecule has 4 nitrogen and oxygen atoms in total. The van der Waals surface area contributed by atoms with Gasteiger partial charge in [0.25, 0.3) is 0 Å². The maximum absolute atomic E-state index is 13.5. The van der Waals surface area contributed by atoms with Crippen molar-refractivity contribution in [1.82, 2.24) is 14.7 Å². The van der Waals surface area contributed by atoms with E-state index in [1.54, 1.807) is 12.1 Å². The van der Waals surface area contributed by atoms with Gasteiger partial charge in [-0.15, -0.1) is 0 Å². The summed E-state index contributed by atoms with van der Waals surface area (Å²) in [5, 5.41) is 4.32. The molecule has 1 fully saturated rings. The lowest BCUT2D eigenvalue weighted by Crippen LogP contribution is -2.31. The van der Waals surface area contributed by atoms with E-state index in [-0.39, 0.29) is 11.9 Å². The standard InChI is InChI=1S/C18H24FN3O/c1-14-16(10-20-21(14)2)12-22(13-18-7-4-8-23-18)11-15-5-3-6-17(19)9-15/h3,5-6,9-10,18H,4,7-8,11-13H2,1-2H3/t18-/m0/s1. The number of rotatable bonds is 6. The summed E-state index contributed by atoms with van der Waals surface area (Å²) >= 11 is 0. The molecule has 124 valence electrons. The summed E-state index contributed by atoms with van der Waals surface area (Å²) in [6.07, 6.45) is 4.43. The summed E-state index contributed by atoms with van der Waals surface area (Å²) < 4.78 is 21.1. The van der Waals surface area contributed by atoms with Gasteiger partial charge in [0, 0.05) is 44.5 Å². The van der Waals surface area contributed by atoms with Gasteiger partial charge in [0.05, 0.1) is 12.3 Å². The topological polar surface area (TPSA) is 30.3 Å². The lowest BCUT2D eigenvalue weighted by Gasteiger charge is -2.25. The van der Waals surface area contributed by atoms with Gasteiger partial charge < -0.3 is 4.74 Å². The highest BCUT2D eigenvalue weighted by molar-refractivity contribution is 5.18. The average Bonchev–Trinajstić information content (AvgIpc) is 3.13. The monoisotopic (exact) mass is 317 g/mol. The molecule has 23 heavy (non-hydrogen) atoms. The van der Waals surface area contributed by atoms with Crippen LogP contribution in [-0.2, 0) is 24.9 Å². The smallest absolute Gasteiger partial charge is 0.123 e. The number of ether oxygens (including phenoxy) is 1. The van der Waals surface area contributed by atoms with Gasteiger partial charge in [-0.05, 0) is 37.5 Å². The third kappa shape index (κ3) is 4.18. The van der Waals surface area contributed by atoms with Gasteiger partial charge in [-0.1, -0.05) is 12.1 Å². The van der Waals surface area contributed by atoms with E-state index in [1.165, 1.54) is 17.3 Å². The third-order valence-corrected chi connectivity index (χ3v) is 4.51. The Morgan fingerprint density at radius 2 is 2.26 bits per heavy atom. The van der Waals surface area contributed by atoms with Crippen LogP contribution in [0.15, 0.2) is 30.5 Å². The highest BCUT2D eigenvalue weighted by Gasteiger charge is 2.20. The van der Waals surface area contributed by atoms with Crippen molar-refractivity contribution in [3.05, 3.63) is 53.1 Å². The molecule has 2 heterocycles. The summed E-state index contributed by atoms with van der Waals surface area (Å²) in [6.45, 7) is 5.31. The van der Waals surface area contributed by atoms with Gasteiger partial charge in [-0.2, -0.15) is 5.10 Å². The van der Waals surface area contributed by atoms with Crippen LogP contribution in [-0.4, -0.2) is 33.9 Å². The Labute approximate surface area is 136 Å². The summed E-state index contributed by atoms with van der Waals surface area (Å²) in [5.74, 6) is -0.183. The van der Waals surface area contributed by atoms with Crippen molar-refractivity contribution in [2.75, 3.05) is 13.2 Å². The minimum absolute atomic E-state index is 0.183. The van der Waals surface area contributed by atoms with Gasteiger partial charge in [0.2, 0.25) is 0 Å². The van der Waals surface area contributed by atoms with E-state index < -0.39 is 0 Å². The molecular formula is C18H24FN3O. The van der Waals surface area contributed by atoms with E-state index in [9.17, 15) is 4.39 Å². The predicted octanol–water partition coefficient (Wildman–Crippen LogP) is 3.05. The SMILES string of the molecule is Cc1c(CN(Cc2cccc(F)c2)C[C@@H]2CCCO2)cnn1C. The molecule has 5 heteroatoms. The second kappa shape index (κ2) is 7.23. The van der Waals surface area contributed by atoms with Crippen molar-refractivity contribution < 1.29 is 9.13 Å². The van der Waals surface area contributed by atoms with Crippen LogP contribution in [0.1, 0.15) is 29.7 Å². The Kier molecular flexibility index (Phi) is 5.08. The second-order valence-corrected chi connectivity index (χ2v) is 6.31. The molecule has 1 aliphatic rings. The highest BCUT2D eigenvalue weighted by atomic mass is 19.1. The van der Waals surface area contributed by atoms with Crippen LogP contribution in [0.2, 0.25) is 0 Å². The average molecular weight is 317 g/mol. The minimum Gasteiger partial charge on any atom is -0.377 e. The molecule has 3 rings (SSSR count). The molecule has 0 saturated carbocycles. The number of nitrogens with zero attached hydrogens (tertiary/aromatic N) is 3. The van der Waals surface area contributed by atoms with Crippen LogP contribution >= 0.6 is 0 Å². The summed E-state index contributed by atoms with van der Waals surface area (Å²) in [4.78, 5) is 2.33. The van der Waals surface area contributed by atoms with E-state index in [0.717, 1.165) is 38.1 Å². The van der Waals surface area contributed by atoms with E-state index >= 15 is 0 Å². The molecule has 0 radical (unpaired) electrons. The van der Waals surface area contributed by atoms with Crippen molar-refractivity contribution in [3.8, 4) is 0 Å². The molecule has 1 aromatic heterocycles. The van der Waals surface area contributed by atoms with Gasteiger partial charge in [0.15, 0.2) is 0 Å². The molecule has 0 bridgehead atoms. The Balaban J connectivity index is 1.73. The predicted molar refractivity (Wildman–Crippen MR) is 87.4 cm³/mol. The first-order chi connectivity index (χ1) is 11.1. The van der Waals surface area contributed by atoms with Crippen molar-refractivity contribution in [2.45, 2.75) is 39.0 Å². The zero-order valence-corrected chi connectivity index (χ0v) is 13.8. The van der Waals surface area contributed by atoms with E-state index in [0.29, 0.717) is 6.54 Å². The molecule has 1 atom stereocenters. The number of hydrogen-bond donors (Lipinski definition) is 0. The fourth-order valence-electron chi connectivity index (χ4n) is 3.10. The van der Waals surface area contributed by atoms with Crippen LogP contribution in [0.4, 0.5) is 4.39 Å². The zero-order chi connectivity index (χ0) is 16.2. The fraction of sp³-hybridized carbons (Fsp3) is 0.500. The molecule has 1 saturated heterocycles. The van der Waals surface area contributed by atoms with Crippen LogP contribution in [0.3, 0.4) is 0 Å². The van der Waals surface area contributed by atoms with Gasteiger partial charge in [-0.3, -0.25) is 9.58 Å². The molecule has 0 N–H and O–H groups in total. The first-order valence-electron chi connectivity index (χ1n) is 8.17. The van der Waals surface area contributed by atoms with Crippen LogP contribution < -0.4 is 0 Å². The Bertz CT molecular complexity index is 649. The van der Waals surface area contributed by atoms with E-state index in [2.05, 4.69) is 16.9 Å². The minimum atomic E-state index is -0.183. The molecule has 2 aromatic rings. The Morgan fingerprint density at radius 3 is 2.91 bits per heavy atom. The van der Waals surface area contributed by atoms with Crippen molar-refractivity contribution in [1.29, 1.82) is 0 Å². The molecule has 0 amide bonds. The number of aromatic nitrogens is 2. The number of benzene rings is 1. The Hall–Kier alpha value is -1.72. The number of halogens is 1. The maximum Gasteiger partial charge on any atom is 0.123 e. The van der Waals surface area contributed by atoms with Crippen molar-refractivity contribution >= 4 is 0 Å². The summed E-state index contributed by atoms with van der Waals surface area (Å²) in [6, 6.07) is 6.84. The largest absolute Gasteiger partial charge is 0.377 e. The third-order valence-electron chi connectivity index (χ3n) is 4.51. The van der Waals surface area contributed by atoms with Gasteiger partial charge >= 0.3 is 0 Å². The first kappa shape index (κ1) is 16.1.